The molecule has 0 fully saturated rings. The van der Waals surface area contributed by atoms with E-state index in [1.807, 2.05) is 42.5 Å². The largest absolute Gasteiger partial charge is 0.440 e. The van der Waals surface area contributed by atoms with Crippen molar-refractivity contribution in [3.05, 3.63) is 60.3 Å². The number of carbonyl (C=O) groups excluding carboxylic acids is 1. The quantitative estimate of drug-likeness (QED) is 0.614. The van der Waals surface area contributed by atoms with E-state index in [2.05, 4.69) is 10.2 Å². The summed E-state index contributed by atoms with van der Waals surface area (Å²) in [5.41, 5.74) is 2.27. The van der Waals surface area contributed by atoms with Gasteiger partial charge in [-0.05, 0) is 24.3 Å². The maximum atomic E-state index is 12.6. The summed E-state index contributed by atoms with van der Waals surface area (Å²) in [5, 5.41) is 8.72. The number of hydrogen-bond donors (Lipinski definition) is 1. The number of aromatic nitrogens is 2. The average Bonchev–Trinajstić information content (AvgIpc) is 3.18. The number of H-pyrrole nitrogens is 1. The summed E-state index contributed by atoms with van der Waals surface area (Å²) >= 11 is 0. The van der Waals surface area contributed by atoms with Gasteiger partial charge in [-0.15, -0.1) is 0 Å². The average molecular weight is 291 g/mol. The summed E-state index contributed by atoms with van der Waals surface area (Å²) in [5.74, 6) is 0.403. The Morgan fingerprint density at radius 2 is 2.00 bits per heavy atom. The van der Waals surface area contributed by atoms with E-state index in [9.17, 15) is 4.79 Å². The van der Waals surface area contributed by atoms with Crippen molar-refractivity contribution in [3.63, 3.8) is 0 Å². The highest BCUT2D eigenvalue weighted by molar-refractivity contribution is 6.07. The molecule has 0 aliphatic carbocycles. The molecule has 0 unspecified atom stereocenters. The molecule has 0 spiro atoms. The lowest BCUT2D eigenvalue weighted by Gasteiger charge is -2.13. The molecular formula is C17H13N3O2. The summed E-state index contributed by atoms with van der Waals surface area (Å²) in [7, 11) is 1.71. The highest BCUT2D eigenvalue weighted by Crippen LogP contribution is 2.26. The molecule has 5 heteroatoms. The highest BCUT2D eigenvalue weighted by Gasteiger charge is 2.17. The molecule has 0 bridgehead atoms. The van der Waals surface area contributed by atoms with Crippen LogP contribution in [0.25, 0.3) is 21.9 Å². The molecule has 108 valence electrons. The fourth-order valence-electron chi connectivity index (χ4n) is 2.50. The standard InChI is InChI=1S/C17H13N3O2/c1-20(16-9-11-4-2-3-5-15(11)22-16)17(21)12-6-7-14-13(8-12)10-18-19-14/h2-10H,1H3,(H,18,19). The minimum atomic E-state index is -0.123. The van der Waals surface area contributed by atoms with Crippen molar-refractivity contribution in [1.82, 2.24) is 10.2 Å². The first kappa shape index (κ1) is 12.6. The molecule has 1 N–H and O–H groups in total. The van der Waals surface area contributed by atoms with E-state index >= 15 is 0 Å². The lowest BCUT2D eigenvalue weighted by atomic mass is 10.1. The highest BCUT2D eigenvalue weighted by atomic mass is 16.4. The van der Waals surface area contributed by atoms with Gasteiger partial charge in [-0.2, -0.15) is 5.10 Å². The van der Waals surface area contributed by atoms with Crippen LogP contribution in [0.3, 0.4) is 0 Å². The van der Waals surface area contributed by atoms with E-state index in [0.29, 0.717) is 11.4 Å². The topological polar surface area (TPSA) is 62.1 Å². The van der Waals surface area contributed by atoms with Crippen LogP contribution in [0.2, 0.25) is 0 Å². The number of nitrogens with one attached hydrogen (secondary N) is 1. The number of aromatic amines is 1. The number of carbonyl (C=O) groups is 1. The van der Waals surface area contributed by atoms with E-state index < -0.39 is 0 Å². The predicted molar refractivity (Wildman–Crippen MR) is 85.0 cm³/mol. The SMILES string of the molecule is CN(C(=O)c1ccc2[nH]ncc2c1)c1cc2ccccc2o1. The molecule has 22 heavy (non-hydrogen) atoms. The van der Waals surface area contributed by atoms with Crippen LogP contribution >= 0.6 is 0 Å². The minimum absolute atomic E-state index is 0.123. The number of fused-ring (bicyclic) bond motifs is 2. The Balaban J connectivity index is 1.71. The van der Waals surface area contributed by atoms with Crippen molar-refractivity contribution >= 4 is 33.7 Å². The molecule has 0 aliphatic heterocycles. The Labute approximate surface area is 126 Å². The lowest BCUT2D eigenvalue weighted by Crippen LogP contribution is -2.25. The molecule has 5 nitrogen and oxygen atoms in total. The molecule has 4 aromatic rings. The van der Waals surface area contributed by atoms with Gasteiger partial charge in [0.05, 0.1) is 11.7 Å². The Morgan fingerprint density at radius 1 is 1.14 bits per heavy atom. The zero-order valence-corrected chi connectivity index (χ0v) is 11.9. The molecule has 0 radical (unpaired) electrons. The molecule has 1 amide bonds. The third-order valence-electron chi connectivity index (χ3n) is 3.73. The van der Waals surface area contributed by atoms with Gasteiger partial charge < -0.3 is 4.42 Å². The molecule has 0 aliphatic rings. The number of benzene rings is 2. The van der Waals surface area contributed by atoms with Crippen molar-refractivity contribution < 1.29 is 9.21 Å². The third kappa shape index (κ3) is 1.95. The fraction of sp³-hybridized carbons (Fsp3) is 0.0588. The van der Waals surface area contributed by atoms with E-state index in [4.69, 9.17) is 4.42 Å². The summed E-state index contributed by atoms with van der Waals surface area (Å²) in [4.78, 5) is 14.1. The van der Waals surface area contributed by atoms with Crippen molar-refractivity contribution in [1.29, 1.82) is 0 Å². The maximum absolute atomic E-state index is 12.6. The Kier molecular flexibility index (Phi) is 2.72. The van der Waals surface area contributed by atoms with Gasteiger partial charge in [0, 0.05) is 29.4 Å². The van der Waals surface area contributed by atoms with Crippen molar-refractivity contribution in [2.45, 2.75) is 0 Å². The van der Waals surface area contributed by atoms with Crippen LogP contribution in [0.4, 0.5) is 5.88 Å². The molecule has 2 aromatic heterocycles. The summed E-state index contributed by atoms with van der Waals surface area (Å²) in [6, 6.07) is 15.0. The smallest absolute Gasteiger partial charge is 0.260 e. The van der Waals surface area contributed by atoms with E-state index in [0.717, 1.165) is 21.9 Å². The molecular weight excluding hydrogens is 278 g/mol. The van der Waals surface area contributed by atoms with Crippen molar-refractivity contribution in [3.8, 4) is 0 Å². The van der Waals surface area contributed by atoms with Crippen molar-refractivity contribution in [2.75, 3.05) is 11.9 Å². The number of nitrogens with zero attached hydrogens (tertiary/aromatic N) is 2. The minimum Gasteiger partial charge on any atom is -0.440 e. The summed E-state index contributed by atoms with van der Waals surface area (Å²) < 4.78 is 5.73. The Morgan fingerprint density at radius 3 is 2.86 bits per heavy atom. The summed E-state index contributed by atoms with van der Waals surface area (Å²) in [6.45, 7) is 0. The van der Waals surface area contributed by atoms with Gasteiger partial charge in [0.25, 0.3) is 5.91 Å². The van der Waals surface area contributed by atoms with Gasteiger partial charge in [0.2, 0.25) is 5.88 Å². The van der Waals surface area contributed by atoms with E-state index in [1.54, 1.807) is 19.3 Å². The number of furan rings is 1. The monoisotopic (exact) mass is 291 g/mol. The second-order valence-electron chi connectivity index (χ2n) is 5.16. The van der Waals surface area contributed by atoms with Gasteiger partial charge in [0.15, 0.2) is 0 Å². The van der Waals surface area contributed by atoms with Gasteiger partial charge >= 0.3 is 0 Å². The van der Waals surface area contributed by atoms with Gasteiger partial charge in [-0.25, -0.2) is 0 Å². The van der Waals surface area contributed by atoms with Crippen LogP contribution in [0, 0.1) is 0 Å². The third-order valence-corrected chi connectivity index (χ3v) is 3.73. The molecule has 2 heterocycles. The molecule has 0 saturated carbocycles. The van der Waals surface area contributed by atoms with E-state index in [-0.39, 0.29) is 5.91 Å². The normalized spacial score (nSPS) is 11.1. The van der Waals surface area contributed by atoms with Crippen LogP contribution in [0.5, 0.6) is 0 Å². The van der Waals surface area contributed by atoms with Crippen LogP contribution < -0.4 is 4.90 Å². The number of amides is 1. The second kappa shape index (κ2) is 4.73. The van der Waals surface area contributed by atoms with Gasteiger partial charge in [-0.1, -0.05) is 18.2 Å². The lowest BCUT2D eigenvalue weighted by molar-refractivity contribution is 0.0989. The Hall–Kier alpha value is -3.08. The Bertz CT molecular complexity index is 951. The van der Waals surface area contributed by atoms with E-state index in [1.165, 1.54) is 4.90 Å². The first-order valence-electron chi connectivity index (χ1n) is 6.92. The van der Waals surface area contributed by atoms with Crippen LogP contribution in [0.1, 0.15) is 10.4 Å². The number of hydrogen-bond acceptors (Lipinski definition) is 3. The second-order valence-corrected chi connectivity index (χ2v) is 5.16. The number of para-hydroxylation sites is 1. The zero-order chi connectivity index (χ0) is 15.1. The molecule has 2 aromatic carbocycles. The van der Waals surface area contributed by atoms with Crippen LogP contribution in [-0.4, -0.2) is 23.2 Å². The zero-order valence-electron chi connectivity index (χ0n) is 11.9. The summed E-state index contributed by atoms with van der Waals surface area (Å²) in [6.07, 6.45) is 1.70. The van der Waals surface area contributed by atoms with Crippen LogP contribution in [0.15, 0.2) is 59.1 Å². The van der Waals surface area contributed by atoms with Gasteiger partial charge in [0.1, 0.15) is 5.58 Å². The van der Waals surface area contributed by atoms with Crippen LogP contribution in [-0.2, 0) is 0 Å². The van der Waals surface area contributed by atoms with Gasteiger partial charge in [-0.3, -0.25) is 14.8 Å². The number of rotatable bonds is 2. The fourth-order valence-corrected chi connectivity index (χ4v) is 2.50. The maximum Gasteiger partial charge on any atom is 0.260 e. The molecule has 0 atom stereocenters. The first-order valence-corrected chi connectivity index (χ1v) is 6.92. The molecule has 4 rings (SSSR count). The number of anilines is 1. The molecule has 0 saturated heterocycles. The first-order chi connectivity index (χ1) is 10.7. The predicted octanol–water partition coefficient (Wildman–Crippen LogP) is 3.59. The van der Waals surface area contributed by atoms with Crippen molar-refractivity contribution in [2.24, 2.45) is 0 Å².